The van der Waals surface area contributed by atoms with E-state index >= 15 is 0 Å². The molecular formula is C20H16F2N4O3S. The molecule has 0 bridgehead atoms. The van der Waals surface area contributed by atoms with Gasteiger partial charge in [-0.15, -0.1) is 0 Å². The standard InChI is InChI=1S/C20H16F2N4O3S/c21-14-6-8-16(9-7-14)24-19(27)12-25-13-26(17-4-1-3-15(22)11-17)20-18(30(25,28)29)5-2-10-23-20/h1-11H,12-13H2,(H,24,27). The van der Waals surface area contributed by atoms with Crippen LogP contribution < -0.4 is 10.2 Å². The maximum absolute atomic E-state index is 13.8. The van der Waals surface area contributed by atoms with E-state index in [1.165, 1.54) is 65.7 Å². The SMILES string of the molecule is O=C(CN1CN(c2cccc(F)c2)c2ncccc2S1(=O)=O)Nc1ccc(F)cc1. The van der Waals surface area contributed by atoms with Gasteiger partial charge in [0.2, 0.25) is 15.9 Å². The molecule has 154 valence electrons. The highest BCUT2D eigenvalue weighted by atomic mass is 32.2. The van der Waals surface area contributed by atoms with Gasteiger partial charge in [-0.2, -0.15) is 4.31 Å². The van der Waals surface area contributed by atoms with Crippen molar-refractivity contribution in [2.75, 3.05) is 23.4 Å². The molecule has 7 nitrogen and oxygen atoms in total. The van der Waals surface area contributed by atoms with Crippen molar-refractivity contribution in [3.05, 3.63) is 78.5 Å². The van der Waals surface area contributed by atoms with E-state index in [-0.39, 0.29) is 17.4 Å². The average molecular weight is 430 g/mol. The Morgan fingerprint density at radius 2 is 1.80 bits per heavy atom. The Balaban J connectivity index is 1.65. The molecule has 1 amide bonds. The van der Waals surface area contributed by atoms with Gasteiger partial charge in [0.15, 0.2) is 5.82 Å². The first kappa shape index (κ1) is 19.9. The first-order valence-electron chi connectivity index (χ1n) is 8.88. The first-order chi connectivity index (χ1) is 14.3. The van der Waals surface area contributed by atoms with Crippen LogP contribution in [0.5, 0.6) is 0 Å². The molecule has 1 aliphatic heterocycles. The third-order valence-corrected chi connectivity index (χ3v) is 6.29. The number of carbonyl (C=O) groups excluding carboxylic acids is 1. The Hall–Kier alpha value is -3.37. The van der Waals surface area contributed by atoms with Gasteiger partial charge in [-0.1, -0.05) is 6.07 Å². The van der Waals surface area contributed by atoms with Crippen molar-refractivity contribution >= 4 is 33.1 Å². The minimum Gasteiger partial charge on any atom is -0.325 e. The molecule has 0 aliphatic carbocycles. The Morgan fingerprint density at radius 3 is 2.53 bits per heavy atom. The molecule has 0 spiro atoms. The van der Waals surface area contributed by atoms with Crippen LogP contribution in [0.4, 0.5) is 26.0 Å². The Bertz CT molecular complexity index is 1200. The molecule has 0 radical (unpaired) electrons. The summed E-state index contributed by atoms with van der Waals surface area (Å²) in [6.07, 6.45) is 1.44. The van der Waals surface area contributed by atoms with E-state index in [4.69, 9.17) is 0 Å². The predicted molar refractivity (Wildman–Crippen MR) is 107 cm³/mol. The molecule has 1 aromatic heterocycles. The van der Waals surface area contributed by atoms with E-state index in [9.17, 15) is 22.0 Å². The number of nitrogens with one attached hydrogen (secondary N) is 1. The second-order valence-corrected chi connectivity index (χ2v) is 8.45. The molecule has 2 heterocycles. The fourth-order valence-corrected chi connectivity index (χ4v) is 4.58. The van der Waals surface area contributed by atoms with Crippen molar-refractivity contribution in [1.82, 2.24) is 9.29 Å². The largest absolute Gasteiger partial charge is 0.325 e. The topological polar surface area (TPSA) is 82.6 Å². The zero-order valence-electron chi connectivity index (χ0n) is 15.5. The average Bonchev–Trinajstić information content (AvgIpc) is 2.72. The van der Waals surface area contributed by atoms with Crippen LogP contribution in [-0.4, -0.2) is 36.8 Å². The summed E-state index contributed by atoms with van der Waals surface area (Å²) in [6, 6.07) is 13.6. The molecule has 0 atom stereocenters. The van der Waals surface area contributed by atoms with Crippen molar-refractivity contribution in [2.24, 2.45) is 0 Å². The van der Waals surface area contributed by atoms with Gasteiger partial charge in [-0.3, -0.25) is 4.79 Å². The maximum Gasteiger partial charge on any atom is 0.248 e. The van der Waals surface area contributed by atoms with E-state index in [2.05, 4.69) is 10.3 Å². The minimum atomic E-state index is -4.01. The second-order valence-electron chi connectivity index (χ2n) is 6.54. The number of fused-ring (bicyclic) bond motifs is 1. The zero-order chi connectivity index (χ0) is 21.3. The van der Waals surface area contributed by atoms with Crippen molar-refractivity contribution in [3.8, 4) is 0 Å². The van der Waals surface area contributed by atoms with Crippen LogP contribution in [0.1, 0.15) is 0 Å². The lowest BCUT2D eigenvalue weighted by molar-refractivity contribution is -0.116. The van der Waals surface area contributed by atoms with Crippen LogP contribution in [0.2, 0.25) is 0 Å². The quantitative estimate of drug-likeness (QED) is 0.688. The molecule has 10 heteroatoms. The van der Waals surface area contributed by atoms with E-state index in [0.717, 1.165) is 4.31 Å². The third-order valence-electron chi connectivity index (χ3n) is 4.49. The summed E-state index contributed by atoms with van der Waals surface area (Å²) >= 11 is 0. The summed E-state index contributed by atoms with van der Waals surface area (Å²) in [5.41, 5.74) is 0.730. The van der Waals surface area contributed by atoms with E-state index in [1.807, 2.05) is 0 Å². The maximum atomic E-state index is 13.8. The number of sulfonamides is 1. The monoisotopic (exact) mass is 430 g/mol. The summed E-state index contributed by atoms with van der Waals surface area (Å²) in [5.74, 6) is -1.39. The number of nitrogens with zero attached hydrogens (tertiary/aromatic N) is 3. The highest BCUT2D eigenvalue weighted by Crippen LogP contribution is 2.36. The van der Waals surface area contributed by atoms with Crippen molar-refractivity contribution in [1.29, 1.82) is 0 Å². The number of benzene rings is 2. The number of hydrogen-bond donors (Lipinski definition) is 1. The fourth-order valence-electron chi connectivity index (χ4n) is 3.10. The van der Waals surface area contributed by atoms with Gasteiger partial charge in [-0.05, 0) is 54.6 Å². The lowest BCUT2D eigenvalue weighted by Crippen LogP contribution is -2.47. The number of halogens is 2. The van der Waals surface area contributed by atoms with Gasteiger partial charge in [-0.25, -0.2) is 22.2 Å². The zero-order valence-corrected chi connectivity index (χ0v) is 16.3. The molecule has 0 fully saturated rings. The molecule has 0 saturated carbocycles. The van der Waals surface area contributed by atoms with Crippen LogP contribution in [-0.2, 0) is 14.8 Å². The molecule has 4 rings (SSSR count). The van der Waals surface area contributed by atoms with E-state index < -0.39 is 34.1 Å². The number of anilines is 3. The molecule has 3 aromatic rings. The number of rotatable bonds is 4. The number of carbonyl (C=O) groups is 1. The number of aromatic nitrogens is 1. The number of pyridine rings is 1. The lowest BCUT2D eigenvalue weighted by Gasteiger charge is -2.36. The van der Waals surface area contributed by atoms with Gasteiger partial charge in [0, 0.05) is 17.6 Å². The molecule has 1 N–H and O–H groups in total. The van der Waals surface area contributed by atoms with E-state index in [0.29, 0.717) is 11.4 Å². The van der Waals surface area contributed by atoms with Crippen LogP contribution in [0.3, 0.4) is 0 Å². The highest BCUT2D eigenvalue weighted by Gasteiger charge is 2.38. The highest BCUT2D eigenvalue weighted by molar-refractivity contribution is 7.89. The van der Waals surface area contributed by atoms with Gasteiger partial charge in [0.05, 0.1) is 13.2 Å². The summed E-state index contributed by atoms with van der Waals surface area (Å²) in [5, 5.41) is 2.54. The Morgan fingerprint density at radius 1 is 1.03 bits per heavy atom. The lowest BCUT2D eigenvalue weighted by atomic mass is 10.2. The van der Waals surface area contributed by atoms with Gasteiger partial charge < -0.3 is 10.2 Å². The summed E-state index contributed by atoms with van der Waals surface area (Å²) in [6.45, 7) is -0.716. The van der Waals surface area contributed by atoms with Crippen LogP contribution in [0, 0.1) is 11.6 Å². The predicted octanol–water partition coefficient (Wildman–Crippen LogP) is 3.10. The fraction of sp³-hybridized carbons (Fsp3) is 0.100. The van der Waals surface area contributed by atoms with Crippen molar-refractivity contribution in [2.45, 2.75) is 4.90 Å². The molecule has 0 saturated heterocycles. The minimum absolute atomic E-state index is 0.0879. The van der Waals surface area contributed by atoms with Gasteiger partial charge in [0.1, 0.15) is 16.5 Å². The normalized spacial score (nSPS) is 15.5. The summed E-state index contributed by atoms with van der Waals surface area (Å²) < 4.78 is 53.8. The first-order valence-corrected chi connectivity index (χ1v) is 10.3. The van der Waals surface area contributed by atoms with E-state index in [1.54, 1.807) is 6.07 Å². The second kappa shape index (κ2) is 7.81. The number of hydrogen-bond acceptors (Lipinski definition) is 5. The summed E-state index contributed by atoms with van der Waals surface area (Å²) in [4.78, 5) is 18.0. The molecule has 2 aromatic carbocycles. The third kappa shape index (κ3) is 3.87. The van der Waals surface area contributed by atoms with Crippen molar-refractivity contribution < 1.29 is 22.0 Å². The van der Waals surface area contributed by atoms with Crippen LogP contribution >= 0.6 is 0 Å². The molecule has 30 heavy (non-hydrogen) atoms. The van der Waals surface area contributed by atoms with Crippen molar-refractivity contribution in [3.63, 3.8) is 0 Å². The number of amides is 1. The smallest absolute Gasteiger partial charge is 0.248 e. The molecule has 0 unspecified atom stereocenters. The van der Waals surface area contributed by atoms with Crippen LogP contribution in [0.15, 0.2) is 71.8 Å². The van der Waals surface area contributed by atoms with Gasteiger partial charge in [0.25, 0.3) is 0 Å². The molecular weight excluding hydrogens is 414 g/mol. The van der Waals surface area contributed by atoms with Crippen LogP contribution in [0.25, 0.3) is 0 Å². The Labute approximate surface area is 171 Å². The Kier molecular flexibility index (Phi) is 5.18. The summed E-state index contributed by atoms with van der Waals surface area (Å²) in [7, 11) is -4.01. The van der Waals surface area contributed by atoms with Gasteiger partial charge >= 0.3 is 0 Å². The molecule has 1 aliphatic rings.